The Hall–Kier alpha value is -2.58. The molecule has 174 valence electrons. The van der Waals surface area contributed by atoms with Crippen LogP contribution in [0.3, 0.4) is 0 Å². The largest absolute Gasteiger partial charge is 0.416 e. The Balaban J connectivity index is 1.76. The van der Waals surface area contributed by atoms with Crippen LogP contribution >= 0.6 is 27.5 Å². The molecule has 4 nitrogen and oxygen atoms in total. The molecule has 0 bridgehead atoms. The molecule has 9 heteroatoms. The molecule has 0 aliphatic carbocycles. The van der Waals surface area contributed by atoms with E-state index >= 15 is 0 Å². The van der Waals surface area contributed by atoms with Crippen LogP contribution in [-0.4, -0.2) is 11.1 Å². The lowest BCUT2D eigenvalue weighted by atomic mass is 10.1. The molecule has 0 saturated heterocycles. The van der Waals surface area contributed by atoms with Gasteiger partial charge >= 0.3 is 6.18 Å². The first-order chi connectivity index (χ1) is 15.5. The Morgan fingerprint density at radius 2 is 2.00 bits per heavy atom. The van der Waals surface area contributed by atoms with E-state index in [1.165, 1.54) is 6.07 Å². The monoisotopic (exact) mass is 539 g/mol. The van der Waals surface area contributed by atoms with Crippen molar-refractivity contribution in [3.8, 4) is 0 Å². The highest BCUT2D eigenvalue weighted by molar-refractivity contribution is 9.10. The van der Waals surface area contributed by atoms with Crippen LogP contribution in [0.5, 0.6) is 0 Å². The predicted molar refractivity (Wildman–Crippen MR) is 129 cm³/mol. The summed E-state index contributed by atoms with van der Waals surface area (Å²) >= 11 is 9.16. The third kappa shape index (κ3) is 7.20. The van der Waals surface area contributed by atoms with Crippen LogP contribution in [0.15, 0.2) is 76.0 Å². The fourth-order valence-corrected chi connectivity index (χ4v) is 3.94. The maximum absolute atomic E-state index is 13.1. The van der Waals surface area contributed by atoms with E-state index in [0.717, 1.165) is 24.1 Å². The summed E-state index contributed by atoms with van der Waals surface area (Å²) in [5.41, 5.74) is 0.322. The van der Waals surface area contributed by atoms with Gasteiger partial charge < -0.3 is 10.6 Å². The molecule has 0 spiro atoms. The van der Waals surface area contributed by atoms with Gasteiger partial charge in [-0.25, -0.2) is 4.99 Å². The molecule has 3 rings (SSSR count). The number of carbonyl (C=O) groups excluding carboxylic acids is 1. The fraction of sp³-hybridized carbons (Fsp3) is 0.250. The number of nitrogens with zero attached hydrogens (tertiary/aromatic N) is 1. The molecule has 0 radical (unpaired) electrons. The zero-order valence-electron chi connectivity index (χ0n) is 17.9. The summed E-state index contributed by atoms with van der Waals surface area (Å²) in [6.07, 6.45) is 2.03. The van der Waals surface area contributed by atoms with Crippen LogP contribution in [0.4, 0.5) is 18.9 Å². The maximum Gasteiger partial charge on any atom is 0.416 e. The number of alkyl halides is 3. The molecule has 2 aromatic carbocycles. The number of benzene rings is 2. The highest BCUT2D eigenvalue weighted by Gasteiger charge is 2.31. The standard InChI is InChI=1S/C24H22BrClF3N3O/c1-14-5-3-8-21(26)32-22(9-14)30-15(2)16-6-4-7-20(12-16)31-23(33)17-10-18(24(27,28)29)13-19(25)11-17/h3-4,6-15,30H,5H2,1-2H3,(H,31,33). The number of hydrogen-bond acceptors (Lipinski definition) is 3. The second kappa shape index (κ2) is 10.6. The van der Waals surface area contributed by atoms with E-state index in [9.17, 15) is 18.0 Å². The molecule has 1 amide bonds. The van der Waals surface area contributed by atoms with Crippen LogP contribution in [0, 0.1) is 5.92 Å². The van der Waals surface area contributed by atoms with Crippen LogP contribution in [-0.2, 0) is 6.18 Å². The summed E-state index contributed by atoms with van der Waals surface area (Å²) in [4.78, 5) is 17.0. The average Bonchev–Trinajstić information content (AvgIpc) is 2.71. The number of halogens is 5. The molecule has 33 heavy (non-hydrogen) atoms. The quantitative estimate of drug-likeness (QED) is 0.414. The molecule has 0 saturated carbocycles. The van der Waals surface area contributed by atoms with Crippen LogP contribution in [0.2, 0.25) is 0 Å². The summed E-state index contributed by atoms with van der Waals surface area (Å²) in [5, 5.41) is 6.36. The van der Waals surface area contributed by atoms with E-state index in [-0.39, 0.29) is 22.0 Å². The third-order valence-corrected chi connectivity index (χ3v) is 5.60. The minimum absolute atomic E-state index is 0.0982. The van der Waals surface area contributed by atoms with Gasteiger partial charge in [0.25, 0.3) is 5.91 Å². The van der Waals surface area contributed by atoms with Gasteiger partial charge in [0.1, 0.15) is 11.0 Å². The summed E-state index contributed by atoms with van der Waals surface area (Å²) in [6.45, 7) is 4.02. The second-order valence-electron chi connectivity index (χ2n) is 7.77. The maximum atomic E-state index is 13.1. The van der Waals surface area contributed by atoms with E-state index in [4.69, 9.17) is 11.6 Å². The SMILES string of the molecule is CC1C=C(NC(C)c2cccc(NC(=O)c3cc(Br)cc(C(F)(F)F)c3)c2)N=C(Cl)C=CC1. The molecule has 0 fully saturated rings. The van der Waals surface area contributed by atoms with Crippen molar-refractivity contribution in [1.82, 2.24) is 5.32 Å². The van der Waals surface area contributed by atoms with Gasteiger partial charge in [0.05, 0.1) is 11.6 Å². The lowest BCUT2D eigenvalue weighted by Crippen LogP contribution is -2.19. The van der Waals surface area contributed by atoms with Crippen molar-refractivity contribution in [3.05, 3.63) is 87.7 Å². The third-order valence-electron chi connectivity index (χ3n) is 4.93. The first-order valence-corrected chi connectivity index (χ1v) is 11.4. The van der Waals surface area contributed by atoms with E-state index in [1.54, 1.807) is 24.3 Å². The van der Waals surface area contributed by atoms with Crippen LogP contribution in [0.1, 0.15) is 47.8 Å². The smallest absolute Gasteiger partial charge is 0.364 e. The molecular formula is C24H22BrClF3N3O. The second-order valence-corrected chi connectivity index (χ2v) is 9.08. The Bertz CT molecular complexity index is 1130. The zero-order chi connectivity index (χ0) is 24.2. The lowest BCUT2D eigenvalue weighted by molar-refractivity contribution is -0.137. The summed E-state index contributed by atoms with van der Waals surface area (Å²) in [6, 6.07) is 10.0. The van der Waals surface area contributed by atoms with Gasteiger partial charge in [-0.05, 0) is 67.3 Å². The molecule has 0 aromatic heterocycles. The molecule has 2 unspecified atom stereocenters. The Morgan fingerprint density at radius 1 is 1.24 bits per heavy atom. The number of amides is 1. The van der Waals surface area contributed by atoms with Gasteiger partial charge in [0.2, 0.25) is 0 Å². The van der Waals surface area contributed by atoms with Crippen molar-refractivity contribution in [2.75, 3.05) is 5.32 Å². The summed E-state index contributed by atoms with van der Waals surface area (Å²) in [5.74, 6) is 0.286. The number of anilines is 1. The van der Waals surface area contributed by atoms with Crippen molar-refractivity contribution in [1.29, 1.82) is 0 Å². The van der Waals surface area contributed by atoms with Crippen molar-refractivity contribution in [2.24, 2.45) is 10.9 Å². The average molecular weight is 541 g/mol. The van der Waals surface area contributed by atoms with E-state index in [0.29, 0.717) is 16.7 Å². The Kier molecular flexibility index (Phi) is 8.02. The molecule has 2 N–H and O–H groups in total. The van der Waals surface area contributed by atoms with Crippen molar-refractivity contribution in [2.45, 2.75) is 32.5 Å². The molecule has 1 aliphatic heterocycles. The molecular weight excluding hydrogens is 519 g/mol. The van der Waals surface area contributed by atoms with Gasteiger partial charge in [-0.15, -0.1) is 0 Å². The normalized spacial score (nSPS) is 17.4. The van der Waals surface area contributed by atoms with E-state index < -0.39 is 17.6 Å². The highest BCUT2D eigenvalue weighted by Crippen LogP contribution is 2.32. The summed E-state index contributed by atoms with van der Waals surface area (Å²) < 4.78 is 39.4. The van der Waals surface area contributed by atoms with E-state index in [2.05, 4.69) is 38.5 Å². The summed E-state index contributed by atoms with van der Waals surface area (Å²) in [7, 11) is 0. The molecule has 2 atom stereocenters. The van der Waals surface area contributed by atoms with Crippen molar-refractivity contribution >= 4 is 44.3 Å². The van der Waals surface area contributed by atoms with E-state index in [1.807, 2.05) is 25.1 Å². The van der Waals surface area contributed by atoms with Gasteiger partial charge in [-0.2, -0.15) is 13.2 Å². The van der Waals surface area contributed by atoms with Crippen molar-refractivity contribution < 1.29 is 18.0 Å². The number of aliphatic imine (C=N–C) groups is 1. The number of carbonyl (C=O) groups is 1. The van der Waals surface area contributed by atoms with Crippen LogP contribution < -0.4 is 10.6 Å². The molecule has 1 heterocycles. The van der Waals surface area contributed by atoms with Crippen molar-refractivity contribution in [3.63, 3.8) is 0 Å². The number of rotatable bonds is 5. The predicted octanol–water partition coefficient (Wildman–Crippen LogP) is 7.45. The lowest BCUT2D eigenvalue weighted by Gasteiger charge is -2.19. The first kappa shape index (κ1) is 25.1. The van der Waals surface area contributed by atoms with Gasteiger partial charge in [0.15, 0.2) is 0 Å². The minimum atomic E-state index is -4.55. The first-order valence-electron chi connectivity index (χ1n) is 10.2. The highest BCUT2D eigenvalue weighted by atomic mass is 79.9. The Morgan fingerprint density at radius 3 is 2.73 bits per heavy atom. The minimum Gasteiger partial charge on any atom is -0.364 e. The number of allylic oxidation sites excluding steroid dienone is 3. The number of nitrogens with one attached hydrogen (secondary N) is 2. The van der Waals surface area contributed by atoms with Gasteiger partial charge in [-0.1, -0.05) is 52.7 Å². The fourth-order valence-electron chi connectivity index (χ4n) is 3.27. The zero-order valence-corrected chi connectivity index (χ0v) is 20.2. The topological polar surface area (TPSA) is 53.5 Å². The molecule has 2 aromatic rings. The van der Waals surface area contributed by atoms with Gasteiger partial charge in [0, 0.05) is 15.7 Å². The number of hydrogen-bond donors (Lipinski definition) is 2. The molecule has 1 aliphatic rings. The van der Waals surface area contributed by atoms with Crippen LogP contribution in [0.25, 0.3) is 0 Å². The Labute approximate surface area is 203 Å². The van der Waals surface area contributed by atoms with Gasteiger partial charge in [-0.3, -0.25) is 4.79 Å².